The summed E-state index contributed by atoms with van der Waals surface area (Å²) < 4.78 is 5.48. The third-order valence-electron chi connectivity index (χ3n) is 3.68. The van der Waals surface area contributed by atoms with Crippen molar-refractivity contribution in [2.45, 2.75) is 25.0 Å². The molecule has 3 N–H and O–H groups in total. The monoisotopic (exact) mass is 328 g/mol. The lowest BCUT2D eigenvalue weighted by Crippen LogP contribution is -2.46. The van der Waals surface area contributed by atoms with E-state index in [0.29, 0.717) is 30.4 Å². The van der Waals surface area contributed by atoms with Gasteiger partial charge in [0.1, 0.15) is 18.5 Å². The average Bonchev–Trinajstić information content (AvgIpc) is 2.52. The number of ether oxygens (including phenoxy) is 1. The highest BCUT2D eigenvalue weighted by atomic mass is 35.5. The number of hydrogen-bond donors (Lipinski definition) is 3. The van der Waals surface area contributed by atoms with Gasteiger partial charge in [-0.1, -0.05) is 23.7 Å². The highest BCUT2D eigenvalue weighted by Gasteiger charge is 2.22. The molecule has 1 amide bonds. The largest absolute Gasteiger partial charge is 0.489 e. The maximum Gasteiger partial charge on any atom is 0.407 e. The first-order valence-electron chi connectivity index (χ1n) is 7.33. The van der Waals surface area contributed by atoms with E-state index >= 15 is 0 Å². The third-order valence-corrected chi connectivity index (χ3v) is 3.99. The van der Waals surface area contributed by atoms with Crippen molar-refractivity contribution in [2.24, 2.45) is 0 Å². The molecule has 1 saturated heterocycles. The zero-order valence-corrected chi connectivity index (χ0v) is 13.0. The van der Waals surface area contributed by atoms with Gasteiger partial charge in [0.15, 0.2) is 0 Å². The number of piperidine rings is 1. The molecule has 0 saturated carbocycles. The van der Waals surface area contributed by atoms with Crippen LogP contribution in [-0.4, -0.2) is 59.6 Å². The van der Waals surface area contributed by atoms with E-state index in [2.05, 4.69) is 5.32 Å². The number of halogens is 1. The first kappa shape index (κ1) is 16.9. The summed E-state index contributed by atoms with van der Waals surface area (Å²) in [6.07, 6.45) is -0.00481. The number of carboxylic acid groups (broad SMARTS) is 1. The van der Waals surface area contributed by atoms with Crippen LogP contribution in [0.5, 0.6) is 5.75 Å². The summed E-state index contributed by atoms with van der Waals surface area (Å²) in [6, 6.07) is 7.35. The van der Waals surface area contributed by atoms with Gasteiger partial charge in [-0.05, 0) is 25.0 Å². The molecule has 1 heterocycles. The first-order valence-corrected chi connectivity index (χ1v) is 7.70. The molecule has 0 aliphatic carbocycles. The summed E-state index contributed by atoms with van der Waals surface area (Å²) in [6.45, 7) is 1.62. The Hall–Kier alpha value is -1.50. The van der Waals surface area contributed by atoms with Gasteiger partial charge in [0.05, 0.1) is 5.02 Å². The molecule has 1 fully saturated rings. The second-order valence-electron chi connectivity index (χ2n) is 5.35. The van der Waals surface area contributed by atoms with Gasteiger partial charge in [-0.15, -0.1) is 0 Å². The minimum atomic E-state index is -0.869. The van der Waals surface area contributed by atoms with E-state index in [1.54, 1.807) is 12.1 Å². The summed E-state index contributed by atoms with van der Waals surface area (Å²) in [4.78, 5) is 12.2. The molecule has 7 heteroatoms. The zero-order valence-electron chi connectivity index (χ0n) is 12.2. The average molecular weight is 329 g/mol. The third kappa shape index (κ3) is 5.05. The molecule has 0 bridgehead atoms. The fourth-order valence-electron chi connectivity index (χ4n) is 2.38. The van der Waals surface area contributed by atoms with Gasteiger partial charge in [-0.2, -0.15) is 0 Å². The van der Waals surface area contributed by atoms with Crippen LogP contribution < -0.4 is 10.1 Å². The highest BCUT2D eigenvalue weighted by molar-refractivity contribution is 6.32. The fraction of sp³-hybridized carbons (Fsp3) is 0.533. The summed E-state index contributed by atoms with van der Waals surface area (Å²) in [7, 11) is 0. The van der Waals surface area contributed by atoms with Crippen LogP contribution in [0.3, 0.4) is 0 Å². The Kier molecular flexibility index (Phi) is 6.30. The van der Waals surface area contributed by atoms with E-state index in [9.17, 15) is 9.90 Å². The second kappa shape index (κ2) is 8.22. The van der Waals surface area contributed by atoms with Gasteiger partial charge in [0.25, 0.3) is 0 Å². The van der Waals surface area contributed by atoms with Crippen LogP contribution in [0.2, 0.25) is 5.02 Å². The number of aliphatic hydroxyl groups is 1. The number of benzene rings is 1. The lowest BCUT2D eigenvalue weighted by atomic mass is 10.1. The number of carbonyl (C=O) groups is 1. The van der Waals surface area contributed by atoms with Crippen molar-refractivity contribution in [2.75, 3.05) is 26.2 Å². The number of amides is 1. The molecular weight excluding hydrogens is 308 g/mol. The van der Waals surface area contributed by atoms with Crippen molar-refractivity contribution in [3.05, 3.63) is 29.3 Å². The van der Waals surface area contributed by atoms with Gasteiger partial charge >= 0.3 is 6.09 Å². The van der Waals surface area contributed by atoms with Crippen LogP contribution >= 0.6 is 11.6 Å². The van der Waals surface area contributed by atoms with Crippen molar-refractivity contribution < 1.29 is 19.7 Å². The van der Waals surface area contributed by atoms with Crippen LogP contribution in [0.25, 0.3) is 0 Å². The summed E-state index contributed by atoms with van der Waals surface area (Å²) in [5, 5.41) is 22.6. The summed E-state index contributed by atoms with van der Waals surface area (Å²) >= 11 is 5.97. The molecule has 1 aromatic carbocycles. The van der Waals surface area contributed by atoms with Crippen LogP contribution in [0.15, 0.2) is 24.3 Å². The van der Waals surface area contributed by atoms with E-state index < -0.39 is 12.2 Å². The zero-order chi connectivity index (χ0) is 15.9. The molecular formula is C15H21ClN2O4. The molecule has 1 unspecified atom stereocenters. The van der Waals surface area contributed by atoms with Crippen molar-refractivity contribution >= 4 is 17.7 Å². The Morgan fingerprint density at radius 2 is 2.09 bits per heavy atom. The van der Waals surface area contributed by atoms with Crippen LogP contribution in [0.1, 0.15) is 12.8 Å². The standard InChI is InChI=1S/C15H21ClN2O4/c16-13-3-1-2-4-14(13)22-10-12(19)9-17-11-5-7-18(8-6-11)15(20)21/h1-4,11-12,17,19H,5-10H2,(H,20,21). The van der Waals surface area contributed by atoms with Gasteiger partial charge < -0.3 is 25.2 Å². The van der Waals surface area contributed by atoms with E-state index in [-0.39, 0.29) is 12.6 Å². The predicted molar refractivity (Wildman–Crippen MR) is 83.6 cm³/mol. The number of likely N-dealkylation sites (tertiary alicyclic amines) is 1. The predicted octanol–water partition coefficient (Wildman–Crippen LogP) is 1.81. The molecule has 0 radical (unpaired) electrons. The van der Waals surface area contributed by atoms with E-state index in [1.807, 2.05) is 12.1 Å². The molecule has 0 aromatic heterocycles. The fourth-order valence-corrected chi connectivity index (χ4v) is 2.57. The first-order chi connectivity index (χ1) is 10.6. The van der Waals surface area contributed by atoms with Gasteiger partial charge in [0.2, 0.25) is 0 Å². The SMILES string of the molecule is O=C(O)N1CCC(NCC(O)COc2ccccc2Cl)CC1. The number of rotatable bonds is 6. The molecule has 0 spiro atoms. The Balaban J connectivity index is 1.65. The number of nitrogens with one attached hydrogen (secondary N) is 1. The molecule has 6 nitrogen and oxygen atoms in total. The summed E-state index contributed by atoms with van der Waals surface area (Å²) in [5.74, 6) is 0.554. The van der Waals surface area contributed by atoms with Crippen LogP contribution in [0, 0.1) is 0 Å². The number of hydrogen-bond acceptors (Lipinski definition) is 4. The number of para-hydroxylation sites is 1. The molecule has 22 heavy (non-hydrogen) atoms. The Labute approximate surface area is 134 Å². The van der Waals surface area contributed by atoms with Crippen molar-refractivity contribution in [1.29, 1.82) is 0 Å². The molecule has 1 aliphatic rings. The Morgan fingerprint density at radius 1 is 1.41 bits per heavy atom. The van der Waals surface area contributed by atoms with Crippen molar-refractivity contribution in [1.82, 2.24) is 10.2 Å². The Morgan fingerprint density at radius 3 is 2.73 bits per heavy atom. The minimum absolute atomic E-state index is 0.157. The van der Waals surface area contributed by atoms with Crippen LogP contribution in [-0.2, 0) is 0 Å². The molecule has 2 rings (SSSR count). The van der Waals surface area contributed by atoms with Crippen molar-refractivity contribution in [3.63, 3.8) is 0 Å². The summed E-state index contributed by atoms with van der Waals surface area (Å²) in [5.41, 5.74) is 0. The lowest BCUT2D eigenvalue weighted by molar-refractivity contribution is 0.0963. The van der Waals surface area contributed by atoms with Gasteiger partial charge in [-0.25, -0.2) is 4.79 Å². The normalized spacial score (nSPS) is 17.3. The Bertz CT molecular complexity index is 492. The number of aliphatic hydroxyl groups excluding tert-OH is 1. The lowest BCUT2D eigenvalue weighted by Gasteiger charge is -2.31. The highest BCUT2D eigenvalue weighted by Crippen LogP contribution is 2.23. The topological polar surface area (TPSA) is 82.0 Å². The van der Waals surface area contributed by atoms with Crippen molar-refractivity contribution in [3.8, 4) is 5.75 Å². The smallest absolute Gasteiger partial charge is 0.407 e. The maximum absolute atomic E-state index is 10.8. The van der Waals surface area contributed by atoms with Crippen LogP contribution in [0.4, 0.5) is 4.79 Å². The molecule has 122 valence electrons. The van der Waals surface area contributed by atoms with E-state index in [1.165, 1.54) is 4.90 Å². The quantitative estimate of drug-likeness (QED) is 0.742. The minimum Gasteiger partial charge on any atom is -0.489 e. The molecule has 1 aromatic rings. The van der Waals surface area contributed by atoms with Gasteiger partial charge in [-0.3, -0.25) is 0 Å². The van der Waals surface area contributed by atoms with Gasteiger partial charge in [0, 0.05) is 25.7 Å². The maximum atomic E-state index is 10.8. The second-order valence-corrected chi connectivity index (χ2v) is 5.75. The molecule has 1 aliphatic heterocycles. The van der Waals surface area contributed by atoms with E-state index in [4.69, 9.17) is 21.4 Å². The molecule has 1 atom stereocenters. The van der Waals surface area contributed by atoms with E-state index in [0.717, 1.165) is 12.8 Å². The number of nitrogens with zero attached hydrogens (tertiary/aromatic N) is 1.